The molecule has 0 bridgehead atoms. The molecule has 2 rings (SSSR count). The van der Waals surface area contributed by atoms with Crippen LogP contribution in [0.15, 0.2) is 24.3 Å². The van der Waals surface area contributed by atoms with E-state index in [1.165, 1.54) is 25.1 Å². The minimum Gasteiger partial charge on any atom is -0.392 e. The van der Waals surface area contributed by atoms with Gasteiger partial charge in [0.1, 0.15) is 11.2 Å². The van der Waals surface area contributed by atoms with E-state index in [9.17, 15) is 14.0 Å². The molecule has 1 atom stereocenters. The Morgan fingerprint density at radius 1 is 1.33 bits per heavy atom. The Kier molecular flexibility index (Phi) is 2.07. The van der Waals surface area contributed by atoms with E-state index in [-0.39, 0.29) is 12.0 Å². The van der Waals surface area contributed by atoms with Gasteiger partial charge in [-0.2, -0.15) is 0 Å². The van der Waals surface area contributed by atoms with Gasteiger partial charge in [-0.15, -0.1) is 0 Å². The monoisotopic (exact) mass is 208 g/mol. The van der Waals surface area contributed by atoms with Gasteiger partial charge in [-0.05, 0) is 13.0 Å². The van der Waals surface area contributed by atoms with Gasteiger partial charge < -0.3 is 4.74 Å². The van der Waals surface area contributed by atoms with Crippen molar-refractivity contribution in [3.8, 4) is 0 Å². The topological polar surface area (TPSA) is 43.4 Å². The number of esters is 2. The first-order valence-corrected chi connectivity index (χ1v) is 4.54. The first-order chi connectivity index (χ1) is 7.04. The van der Waals surface area contributed by atoms with Crippen LogP contribution in [0.1, 0.15) is 18.9 Å². The van der Waals surface area contributed by atoms with E-state index in [2.05, 4.69) is 4.74 Å². The minimum absolute atomic E-state index is 0.104. The number of cyclic esters (lactones) is 2. The lowest BCUT2D eigenvalue weighted by atomic mass is 9.81. The maximum atomic E-state index is 13.5. The summed E-state index contributed by atoms with van der Waals surface area (Å²) in [6, 6.07) is 5.91. The normalized spacial score (nSPS) is 25.5. The first kappa shape index (κ1) is 9.83. The Morgan fingerprint density at radius 3 is 2.53 bits per heavy atom. The van der Waals surface area contributed by atoms with Crippen LogP contribution in [0.25, 0.3) is 0 Å². The van der Waals surface area contributed by atoms with Crippen molar-refractivity contribution in [2.24, 2.45) is 0 Å². The van der Waals surface area contributed by atoms with Gasteiger partial charge in [-0.25, -0.2) is 4.39 Å². The van der Waals surface area contributed by atoms with Crippen molar-refractivity contribution >= 4 is 11.9 Å². The Hall–Kier alpha value is -1.71. The summed E-state index contributed by atoms with van der Waals surface area (Å²) in [5.74, 6) is -1.78. The summed E-state index contributed by atoms with van der Waals surface area (Å²) in [5.41, 5.74) is -0.969. The van der Waals surface area contributed by atoms with Crippen LogP contribution >= 0.6 is 0 Å². The Bertz CT molecular complexity index is 441. The number of hydrogen-bond donors (Lipinski definition) is 0. The molecular formula is C11H9FO3. The number of ether oxygens (including phenoxy) is 1. The zero-order valence-corrected chi connectivity index (χ0v) is 8.12. The SMILES string of the molecule is CC1(c2ccccc2F)CC(=O)OC1=O. The number of benzene rings is 1. The van der Waals surface area contributed by atoms with Crippen LogP contribution < -0.4 is 0 Å². The molecule has 1 aliphatic heterocycles. The average molecular weight is 208 g/mol. The van der Waals surface area contributed by atoms with Crippen LogP contribution in [-0.4, -0.2) is 11.9 Å². The van der Waals surface area contributed by atoms with E-state index in [1.807, 2.05) is 0 Å². The fourth-order valence-electron chi connectivity index (χ4n) is 1.73. The van der Waals surface area contributed by atoms with E-state index in [0.29, 0.717) is 0 Å². The molecule has 78 valence electrons. The molecule has 1 fully saturated rings. The van der Waals surface area contributed by atoms with E-state index in [0.717, 1.165) is 0 Å². The number of carbonyl (C=O) groups excluding carboxylic acids is 2. The third-order valence-corrected chi connectivity index (χ3v) is 2.62. The van der Waals surface area contributed by atoms with Gasteiger partial charge in [0.2, 0.25) is 0 Å². The molecule has 1 heterocycles. The molecule has 1 aromatic rings. The Labute approximate surface area is 85.9 Å². The highest BCUT2D eigenvalue weighted by molar-refractivity contribution is 6.00. The predicted molar refractivity (Wildman–Crippen MR) is 49.5 cm³/mol. The second kappa shape index (κ2) is 3.15. The van der Waals surface area contributed by atoms with E-state index in [1.54, 1.807) is 6.07 Å². The lowest BCUT2D eigenvalue weighted by Crippen LogP contribution is -2.28. The van der Waals surface area contributed by atoms with Crippen molar-refractivity contribution in [3.05, 3.63) is 35.6 Å². The molecule has 0 saturated carbocycles. The van der Waals surface area contributed by atoms with Crippen LogP contribution in [0.2, 0.25) is 0 Å². The van der Waals surface area contributed by atoms with Crippen LogP contribution in [0.3, 0.4) is 0 Å². The highest BCUT2D eigenvalue weighted by atomic mass is 19.1. The molecule has 3 nitrogen and oxygen atoms in total. The quantitative estimate of drug-likeness (QED) is 0.519. The maximum absolute atomic E-state index is 13.5. The number of hydrogen-bond acceptors (Lipinski definition) is 3. The molecular weight excluding hydrogens is 199 g/mol. The molecule has 15 heavy (non-hydrogen) atoms. The predicted octanol–water partition coefficient (Wildman–Crippen LogP) is 1.56. The number of halogens is 1. The van der Waals surface area contributed by atoms with Gasteiger partial charge in [0.15, 0.2) is 0 Å². The maximum Gasteiger partial charge on any atom is 0.324 e. The van der Waals surface area contributed by atoms with Crippen molar-refractivity contribution < 1.29 is 18.7 Å². The molecule has 1 aromatic carbocycles. The molecule has 1 saturated heterocycles. The summed E-state index contributed by atoms with van der Waals surface area (Å²) in [7, 11) is 0. The molecule has 0 N–H and O–H groups in total. The van der Waals surface area contributed by atoms with Crippen LogP contribution in [0.4, 0.5) is 4.39 Å². The van der Waals surface area contributed by atoms with E-state index in [4.69, 9.17) is 0 Å². The third-order valence-electron chi connectivity index (χ3n) is 2.62. The summed E-state index contributed by atoms with van der Waals surface area (Å²) < 4.78 is 17.9. The van der Waals surface area contributed by atoms with Crippen molar-refractivity contribution in [2.75, 3.05) is 0 Å². The summed E-state index contributed by atoms with van der Waals surface area (Å²) in [5, 5.41) is 0. The number of carbonyl (C=O) groups is 2. The van der Waals surface area contributed by atoms with Crippen molar-refractivity contribution in [2.45, 2.75) is 18.8 Å². The summed E-state index contributed by atoms with van der Waals surface area (Å²) in [6.07, 6.45) is -0.104. The zero-order valence-electron chi connectivity index (χ0n) is 8.12. The summed E-state index contributed by atoms with van der Waals surface area (Å²) in [4.78, 5) is 22.4. The van der Waals surface area contributed by atoms with Gasteiger partial charge in [0.05, 0.1) is 6.42 Å². The van der Waals surface area contributed by atoms with E-state index >= 15 is 0 Å². The highest BCUT2D eigenvalue weighted by Gasteiger charge is 2.47. The largest absolute Gasteiger partial charge is 0.392 e. The smallest absolute Gasteiger partial charge is 0.324 e. The molecule has 4 heteroatoms. The standard InChI is InChI=1S/C11H9FO3/c1-11(6-9(13)15-10(11)14)7-4-2-3-5-8(7)12/h2-5H,6H2,1H3. The van der Waals surface area contributed by atoms with Gasteiger partial charge in [-0.3, -0.25) is 9.59 Å². The molecule has 0 amide bonds. The molecule has 0 spiro atoms. The second-order valence-electron chi connectivity index (χ2n) is 3.75. The first-order valence-electron chi connectivity index (χ1n) is 4.54. The fraction of sp³-hybridized carbons (Fsp3) is 0.273. The van der Waals surface area contributed by atoms with Crippen molar-refractivity contribution in [3.63, 3.8) is 0 Å². The Balaban J connectivity index is 2.51. The van der Waals surface area contributed by atoms with Crippen molar-refractivity contribution in [1.82, 2.24) is 0 Å². The average Bonchev–Trinajstić information content (AvgIpc) is 2.42. The van der Waals surface area contributed by atoms with Gasteiger partial charge >= 0.3 is 11.9 Å². The summed E-state index contributed by atoms with van der Waals surface area (Å²) in [6.45, 7) is 1.51. The molecule has 1 aliphatic rings. The van der Waals surface area contributed by atoms with Gasteiger partial charge in [0.25, 0.3) is 0 Å². The van der Waals surface area contributed by atoms with Crippen LogP contribution in [0, 0.1) is 5.82 Å². The van der Waals surface area contributed by atoms with Crippen LogP contribution in [0.5, 0.6) is 0 Å². The highest BCUT2D eigenvalue weighted by Crippen LogP contribution is 2.35. The second-order valence-corrected chi connectivity index (χ2v) is 3.75. The molecule has 0 aromatic heterocycles. The summed E-state index contributed by atoms with van der Waals surface area (Å²) >= 11 is 0. The van der Waals surface area contributed by atoms with Gasteiger partial charge in [0, 0.05) is 5.56 Å². The molecule has 0 aliphatic carbocycles. The van der Waals surface area contributed by atoms with Crippen LogP contribution in [-0.2, 0) is 19.7 Å². The number of rotatable bonds is 1. The lowest BCUT2D eigenvalue weighted by Gasteiger charge is -2.18. The molecule has 0 radical (unpaired) electrons. The minimum atomic E-state index is -1.18. The molecule has 1 unspecified atom stereocenters. The fourth-order valence-corrected chi connectivity index (χ4v) is 1.73. The van der Waals surface area contributed by atoms with Crippen molar-refractivity contribution in [1.29, 1.82) is 0 Å². The van der Waals surface area contributed by atoms with E-state index < -0.39 is 23.2 Å². The zero-order chi connectivity index (χ0) is 11.1. The third kappa shape index (κ3) is 1.42. The lowest BCUT2D eigenvalue weighted by molar-refractivity contribution is -0.153. The Morgan fingerprint density at radius 2 is 2.00 bits per heavy atom. The van der Waals surface area contributed by atoms with Gasteiger partial charge in [-0.1, -0.05) is 18.2 Å².